The topological polar surface area (TPSA) is 73.2 Å². The number of rotatable bonds is 8. The summed E-state index contributed by atoms with van der Waals surface area (Å²) in [5.74, 6) is -0.240. The van der Waals surface area contributed by atoms with Crippen LogP contribution >= 0.6 is 0 Å². The van der Waals surface area contributed by atoms with Gasteiger partial charge in [-0.2, -0.15) is 0 Å². The second kappa shape index (κ2) is 10.0. The number of para-hydroxylation sites is 1. The molecule has 4 aromatic rings. The van der Waals surface area contributed by atoms with E-state index in [-0.39, 0.29) is 18.0 Å². The molecule has 0 unspecified atom stereocenters. The van der Waals surface area contributed by atoms with E-state index in [0.29, 0.717) is 30.7 Å². The molecule has 0 aliphatic rings. The fraction of sp³-hybridized carbons (Fsp3) is 0.192. The number of nitrogens with one attached hydrogen (secondary N) is 1. The molecule has 0 radical (unpaired) electrons. The van der Waals surface area contributed by atoms with Crippen molar-refractivity contribution in [1.82, 2.24) is 14.9 Å². The summed E-state index contributed by atoms with van der Waals surface area (Å²) in [7, 11) is 0. The van der Waals surface area contributed by atoms with Gasteiger partial charge in [0.25, 0.3) is 5.56 Å². The van der Waals surface area contributed by atoms with Gasteiger partial charge < -0.3 is 10.1 Å². The van der Waals surface area contributed by atoms with E-state index in [0.717, 1.165) is 22.3 Å². The molecule has 0 fully saturated rings. The van der Waals surface area contributed by atoms with Gasteiger partial charge in [0.15, 0.2) is 0 Å². The lowest BCUT2D eigenvalue weighted by Gasteiger charge is -2.09. The fourth-order valence-electron chi connectivity index (χ4n) is 3.48. The summed E-state index contributed by atoms with van der Waals surface area (Å²) in [6.45, 7) is 3.33. The predicted octanol–water partition coefficient (Wildman–Crippen LogP) is 3.74. The highest BCUT2D eigenvalue weighted by Gasteiger charge is 2.09. The molecule has 6 heteroatoms. The van der Waals surface area contributed by atoms with Crippen LogP contribution in [0.3, 0.4) is 0 Å². The number of hydrogen-bond donors (Lipinski definition) is 1. The summed E-state index contributed by atoms with van der Waals surface area (Å²) in [5, 5.41) is 3.38. The molecular weight excluding hydrogens is 402 g/mol. The number of aromatic nitrogens is 2. The summed E-state index contributed by atoms with van der Waals surface area (Å²) < 4.78 is 7.09. The number of benzene rings is 3. The normalized spacial score (nSPS) is 10.9. The maximum Gasteiger partial charge on any atom is 0.261 e. The third-order valence-electron chi connectivity index (χ3n) is 5.26. The first kappa shape index (κ1) is 21.5. The van der Waals surface area contributed by atoms with Gasteiger partial charge in [-0.05, 0) is 35.2 Å². The Morgan fingerprint density at radius 2 is 1.59 bits per heavy atom. The Kier molecular flexibility index (Phi) is 6.72. The molecule has 0 aliphatic heterocycles. The average Bonchev–Trinajstić information content (AvgIpc) is 2.81. The largest absolute Gasteiger partial charge is 0.372 e. The van der Waals surface area contributed by atoms with E-state index in [4.69, 9.17) is 4.74 Å². The Labute approximate surface area is 186 Å². The Morgan fingerprint density at radius 1 is 0.906 bits per heavy atom. The fourth-order valence-corrected chi connectivity index (χ4v) is 3.48. The van der Waals surface area contributed by atoms with Gasteiger partial charge >= 0.3 is 0 Å². The number of fused-ring (bicyclic) bond motifs is 1. The Balaban J connectivity index is 1.28. The number of aryl methyl sites for hydroxylation is 1. The van der Waals surface area contributed by atoms with Crippen LogP contribution in [0.5, 0.6) is 0 Å². The first-order valence-electron chi connectivity index (χ1n) is 10.5. The average molecular weight is 428 g/mol. The maximum atomic E-state index is 12.6. The number of hydrogen-bond acceptors (Lipinski definition) is 4. The highest BCUT2D eigenvalue weighted by molar-refractivity contribution is 5.81. The molecule has 0 saturated heterocycles. The minimum atomic E-state index is -0.240. The van der Waals surface area contributed by atoms with E-state index < -0.39 is 0 Å². The first-order chi connectivity index (χ1) is 15.6. The summed E-state index contributed by atoms with van der Waals surface area (Å²) >= 11 is 0. The maximum absolute atomic E-state index is 12.6. The van der Waals surface area contributed by atoms with Crippen LogP contribution in [-0.4, -0.2) is 15.5 Å². The van der Waals surface area contributed by atoms with Crippen molar-refractivity contribution in [2.75, 3.05) is 0 Å². The van der Waals surface area contributed by atoms with Crippen LogP contribution in [0.25, 0.3) is 10.9 Å². The van der Waals surface area contributed by atoms with E-state index in [1.165, 1.54) is 10.9 Å². The van der Waals surface area contributed by atoms with Crippen LogP contribution < -0.4 is 10.9 Å². The summed E-state index contributed by atoms with van der Waals surface area (Å²) in [4.78, 5) is 29.3. The van der Waals surface area contributed by atoms with Gasteiger partial charge in [0.2, 0.25) is 5.91 Å². The summed E-state index contributed by atoms with van der Waals surface area (Å²) in [6.07, 6.45) is 1.43. The molecule has 0 atom stereocenters. The number of nitrogens with zero attached hydrogens (tertiary/aromatic N) is 2. The van der Waals surface area contributed by atoms with Crippen molar-refractivity contribution in [3.05, 3.63) is 112 Å². The van der Waals surface area contributed by atoms with E-state index in [1.54, 1.807) is 6.07 Å². The van der Waals surface area contributed by atoms with Gasteiger partial charge in [-0.15, -0.1) is 0 Å². The molecule has 6 nitrogen and oxygen atoms in total. The standard InChI is InChI=1S/C26H25N3O3/c1-19-6-5-9-23-25(19)28-18-29(26(23)31)15-24(30)27-14-20-10-12-22(13-11-20)17-32-16-21-7-3-2-4-8-21/h2-13,18H,14-17H2,1H3,(H,27,30). The third kappa shape index (κ3) is 5.28. The van der Waals surface area contributed by atoms with Crippen LogP contribution in [0.4, 0.5) is 0 Å². The molecule has 1 aromatic heterocycles. The van der Waals surface area contributed by atoms with E-state index >= 15 is 0 Å². The van der Waals surface area contributed by atoms with Gasteiger partial charge in [-0.25, -0.2) is 4.98 Å². The van der Waals surface area contributed by atoms with Crippen molar-refractivity contribution in [2.24, 2.45) is 0 Å². The lowest BCUT2D eigenvalue weighted by molar-refractivity contribution is -0.121. The molecule has 0 saturated carbocycles. The highest BCUT2D eigenvalue weighted by Crippen LogP contribution is 2.11. The second-order valence-electron chi connectivity index (χ2n) is 7.72. The van der Waals surface area contributed by atoms with Crippen LogP contribution in [-0.2, 0) is 35.8 Å². The van der Waals surface area contributed by atoms with E-state index in [9.17, 15) is 9.59 Å². The highest BCUT2D eigenvalue weighted by atomic mass is 16.5. The number of carbonyl (C=O) groups is 1. The molecule has 4 rings (SSSR count). The second-order valence-corrected chi connectivity index (χ2v) is 7.72. The molecule has 0 aliphatic carbocycles. The van der Waals surface area contributed by atoms with Crippen LogP contribution in [0.2, 0.25) is 0 Å². The number of carbonyl (C=O) groups excluding carboxylic acids is 1. The minimum absolute atomic E-state index is 0.0683. The predicted molar refractivity (Wildman–Crippen MR) is 124 cm³/mol. The zero-order valence-electron chi connectivity index (χ0n) is 18.0. The zero-order chi connectivity index (χ0) is 22.3. The Bertz CT molecular complexity index is 1270. The van der Waals surface area contributed by atoms with Crippen molar-refractivity contribution >= 4 is 16.8 Å². The van der Waals surface area contributed by atoms with Crippen molar-refractivity contribution in [1.29, 1.82) is 0 Å². The monoisotopic (exact) mass is 427 g/mol. The molecule has 32 heavy (non-hydrogen) atoms. The number of amides is 1. The van der Waals surface area contributed by atoms with Gasteiger partial charge in [-0.1, -0.05) is 66.7 Å². The van der Waals surface area contributed by atoms with Gasteiger partial charge in [0.05, 0.1) is 30.4 Å². The minimum Gasteiger partial charge on any atom is -0.372 e. The van der Waals surface area contributed by atoms with Crippen LogP contribution in [0, 0.1) is 6.92 Å². The van der Waals surface area contributed by atoms with Crippen molar-refractivity contribution in [3.63, 3.8) is 0 Å². The smallest absolute Gasteiger partial charge is 0.261 e. The van der Waals surface area contributed by atoms with Crippen LogP contribution in [0.15, 0.2) is 83.9 Å². The lowest BCUT2D eigenvalue weighted by Crippen LogP contribution is -2.32. The van der Waals surface area contributed by atoms with Crippen molar-refractivity contribution in [2.45, 2.75) is 33.2 Å². The molecule has 1 heterocycles. The molecule has 0 spiro atoms. The van der Waals surface area contributed by atoms with E-state index in [1.807, 2.05) is 73.7 Å². The zero-order valence-corrected chi connectivity index (χ0v) is 18.0. The van der Waals surface area contributed by atoms with Crippen molar-refractivity contribution < 1.29 is 9.53 Å². The molecular formula is C26H25N3O3. The lowest BCUT2D eigenvalue weighted by atomic mass is 10.1. The molecule has 1 amide bonds. The molecule has 1 N–H and O–H groups in total. The Morgan fingerprint density at radius 3 is 2.34 bits per heavy atom. The van der Waals surface area contributed by atoms with Gasteiger partial charge in [0, 0.05) is 6.54 Å². The molecule has 3 aromatic carbocycles. The number of ether oxygens (including phenoxy) is 1. The third-order valence-corrected chi connectivity index (χ3v) is 5.26. The van der Waals surface area contributed by atoms with Crippen molar-refractivity contribution in [3.8, 4) is 0 Å². The summed E-state index contributed by atoms with van der Waals surface area (Å²) in [6, 6.07) is 23.4. The van der Waals surface area contributed by atoms with Gasteiger partial charge in [0.1, 0.15) is 6.54 Å². The Hall–Kier alpha value is -3.77. The quantitative estimate of drug-likeness (QED) is 0.465. The summed E-state index contributed by atoms with van der Waals surface area (Å²) in [5.41, 5.74) is 4.58. The van der Waals surface area contributed by atoms with Gasteiger partial charge in [-0.3, -0.25) is 14.2 Å². The molecule has 162 valence electrons. The SMILES string of the molecule is Cc1cccc2c(=O)n(CC(=O)NCc3ccc(COCc4ccccc4)cc3)cnc12. The molecule has 0 bridgehead atoms. The van der Waals surface area contributed by atoms with E-state index in [2.05, 4.69) is 10.3 Å². The first-order valence-corrected chi connectivity index (χ1v) is 10.5. The van der Waals surface area contributed by atoms with Crippen LogP contribution in [0.1, 0.15) is 22.3 Å².